The number of ether oxygens (including phenoxy) is 5. The Balaban J connectivity index is 1.29. The maximum atomic E-state index is 14.1. The molecule has 0 aromatic heterocycles. The van der Waals surface area contributed by atoms with Gasteiger partial charge >= 0.3 is 12.1 Å². The molecule has 50 heavy (non-hydrogen) atoms. The van der Waals surface area contributed by atoms with Crippen LogP contribution >= 0.6 is 0 Å². The van der Waals surface area contributed by atoms with E-state index >= 15 is 0 Å². The van der Waals surface area contributed by atoms with Crippen molar-refractivity contribution >= 4 is 12.4 Å². The molecule has 0 amide bonds. The van der Waals surface area contributed by atoms with Gasteiger partial charge in [0.1, 0.15) is 11.5 Å². The molecule has 1 aliphatic rings. The molecule has 3 aromatic rings. The van der Waals surface area contributed by atoms with Crippen LogP contribution in [0.2, 0.25) is 0 Å². The lowest BCUT2D eigenvalue weighted by Crippen LogP contribution is -2.51. The molecule has 1 heterocycles. The van der Waals surface area contributed by atoms with Crippen LogP contribution in [0, 0.1) is 0 Å². The van der Waals surface area contributed by atoms with Gasteiger partial charge in [-0.2, -0.15) is 13.2 Å². The summed E-state index contributed by atoms with van der Waals surface area (Å²) in [5.74, 6) is -0.775. The molecular formula is C40H49F3O7. The number of carbonyl (C=O) groups is 2. The molecule has 0 saturated carbocycles. The van der Waals surface area contributed by atoms with Crippen molar-refractivity contribution in [2.45, 2.75) is 115 Å². The van der Waals surface area contributed by atoms with E-state index in [4.69, 9.17) is 23.7 Å². The van der Waals surface area contributed by atoms with Crippen molar-refractivity contribution in [1.29, 1.82) is 0 Å². The van der Waals surface area contributed by atoms with Gasteiger partial charge in [-0.25, -0.2) is 4.79 Å². The first-order valence-corrected chi connectivity index (χ1v) is 17.8. The van der Waals surface area contributed by atoms with E-state index < -0.39 is 36.6 Å². The van der Waals surface area contributed by atoms with Crippen molar-refractivity contribution in [2.24, 2.45) is 0 Å². The van der Waals surface area contributed by atoms with Gasteiger partial charge in [0, 0.05) is 12.5 Å². The summed E-state index contributed by atoms with van der Waals surface area (Å²) in [5, 5.41) is 0. The predicted molar refractivity (Wildman–Crippen MR) is 185 cm³/mol. The molecule has 0 spiro atoms. The first kappa shape index (κ1) is 38.9. The second-order valence-corrected chi connectivity index (χ2v) is 12.7. The zero-order valence-corrected chi connectivity index (χ0v) is 29.0. The normalized spacial score (nSPS) is 19.1. The summed E-state index contributed by atoms with van der Waals surface area (Å²) in [7, 11) is 0. The van der Waals surface area contributed by atoms with Crippen molar-refractivity contribution < 1.29 is 46.4 Å². The molecule has 1 unspecified atom stereocenters. The maximum absolute atomic E-state index is 14.1. The van der Waals surface area contributed by atoms with Crippen LogP contribution < -0.4 is 9.47 Å². The van der Waals surface area contributed by atoms with E-state index in [-0.39, 0.29) is 25.2 Å². The minimum absolute atomic E-state index is 0.153. The topological polar surface area (TPSA) is 80.3 Å². The zero-order valence-electron chi connectivity index (χ0n) is 29.0. The van der Waals surface area contributed by atoms with Crippen molar-refractivity contribution in [2.75, 3.05) is 13.2 Å². The smallest absolute Gasteiger partial charge is 0.415 e. The summed E-state index contributed by atoms with van der Waals surface area (Å²) < 4.78 is 69.6. The third-order valence-electron chi connectivity index (χ3n) is 8.86. The van der Waals surface area contributed by atoms with Gasteiger partial charge in [0.05, 0.1) is 12.2 Å². The molecule has 1 saturated heterocycles. The average Bonchev–Trinajstić information content (AvgIpc) is 3.12. The zero-order chi connectivity index (χ0) is 35.8. The molecule has 4 rings (SSSR count). The highest BCUT2D eigenvalue weighted by Gasteiger charge is 2.53. The number of hydrogen-bond donors (Lipinski definition) is 0. The van der Waals surface area contributed by atoms with E-state index in [0.29, 0.717) is 24.2 Å². The molecular weight excluding hydrogens is 649 g/mol. The Kier molecular flexibility index (Phi) is 15.6. The second-order valence-electron chi connectivity index (χ2n) is 12.7. The highest BCUT2D eigenvalue weighted by atomic mass is 19.4. The third-order valence-corrected chi connectivity index (χ3v) is 8.86. The molecule has 272 valence electrons. The first-order valence-electron chi connectivity index (χ1n) is 17.8. The van der Waals surface area contributed by atoms with Crippen molar-refractivity contribution in [3.63, 3.8) is 0 Å². The van der Waals surface area contributed by atoms with E-state index in [9.17, 15) is 22.8 Å². The first-order chi connectivity index (χ1) is 24.2. The van der Waals surface area contributed by atoms with Crippen LogP contribution in [0.15, 0.2) is 72.8 Å². The molecule has 7 nitrogen and oxygen atoms in total. The van der Waals surface area contributed by atoms with Gasteiger partial charge in [0.15, 0.2) is 18.5 Å². The van der Waals surface area contributed by atoms with Crippen LogP contribution in [0.1, 0.15) is 106 Å². The highest BCUT2D eigenvalue weighted by molar-refractivity contribution is 5.91. The standard InChI is InChI=1S/C40H49F3O7/c1-3-5-7-8-9-10-11-12-26-46-33-21-17-30(18-22-33)29-13-15-32(16-14-29)38(45)49-34-23-19-31(20-24-34)35-27-36(48-28-44)39(47-25-6-4-2)50-37(35)40(41,42)43/h13-24,28,35-37,39H,3-12,25-27H2,1-2H3/t35-,36?,37-,39+/m1/s1. The maximum Gasteiger partial charge on any atom is 0.415 e. The minimum Gasteiger partial charge on any atom is -0.494 e. The fourth-order valence-electron chi connectivity index (χ4n) is 6.03. The molecule has 0 aliphatic carbocycles. The Morgan fingerprint density at radius 1 is 0.760 bits per heavy atom. The Morgan fingerprint density at radius 2 is 1.34 bits per heavy atom. The van der Waals surface area contributed by atoms with Crippen molar-refractivity contribution in [3.05, 3.63) is 83.9 Å². The summed E-state index contributed by atoms with van der Waals surface area (Å²) >= 11 is 0. The highest BCUT2D eigenvalue weighted by Crippen LogP contribution is 2.43. The van der Waals surface area contributed by atoms with Gasteiger partial charge in [-0.1, -0.05) is 102 Å². The van der Waals surface area contributed by atoms with Crippen molar-refractivity contribution in [3.8, 4) is 22.6 Å². The van der Waals surface area contributed by atoms with E-state index in [1.807, 2.05) is 43.3 Å². The SMILES string of the molecule is CCCCCCCCCCOc1ccc(-c2ccc(C(=O)Oc3ccc([C@H]4CC(OC=O)[C@@H](OCCCC)O[C@H]4C(F)(F)F)cc3)cc2)cc1. The number of halogens is 3. The average molecular weight is 699 g/mol. The summed E-state index contributed by atoms with van der Waals surface area (Å²) in [6, 6.07) is 20.6. The van der Waals surface area contributed by atoms with Gasteiger partial charge in [-0.05, 0) is 72.4 Å². The Labute approximate surface area is 293 Å². The lowest BCUT2D eigenvalue weighted by Gasteiger charge is -2.41. The van der Waals surface area contributed by atoms with Gasteiger partial charge in [-0.3, -0.25) is 4.79 Å². The minimum atomic E-state index is -4.69. The predicted octanol–water partition coefficient (Wildman–Crippen LogP) is 10.2. The Bertz CT molecular complexity index is 1430. The van der Waals surface area contributed by atoms with Crippen LogP contribution in [0.4, 0.5) is 13.2 Å². The van der Waals surface area contributed by atoms with Crippen LogP contribution in [0.25, 0.3) is 11.1 Å². The molecule has 10 heteroatoms. The van der Waals surface area contributed by atoms with Crippen LogP contribution in [0.5, 0.6) is 11.5 Å². The van der Waals surface area contributed by atoms with Crippen LogP contribution in [-0.4, -0.2) is 50.3 Å². The van der Waals surface area contributed by atoms with Gasteiger partial charge in [0.2, 0.25) is 0 Å². The Hall–Kier alpha value is -3.89. The summed E-state index contributed by atoms with van der Waals surface area (Å²) in [6.07, 6.45) is 2.06. The number of hydrogen-bond acceptors (Lipinski definition) is 7. The quantitative estimate of drug-likeness (QED) is 0.0503. The molecule has 1 fully saturated rings. The van der Waals surface area contributed by atoms with E-state index in [1.54, 1.807) is 12.1 Å². The van der Waals surface area contributed by atoms with Gasteiger partial charge < -0.3 is 23.7 Å². The van der Waals surface area contributed by atoms with Crippen LogP contribution in [-0.2, 0) is 19.0 Å². The summed E-state index contributed by atoms with van der Waals surface area (Å²) in [6.45, 7) is 5.22. The number of rotatable bonds is 20. The summed E-state index contributed by atoms with van der Waals surface area (Å²) in [5.41, 5.74) is 2.52. The molecule has 0 N–H and O–H groups in total. The summed E-state index contributed by atoms with van der Waals surface area (Å²) in [4.78, 5) is 24.0. The lowest BCUT2D eigenvalue weighted by atomic mass is 9.85. The molecule has 0 radical (unpaired) electrons. The van der Waals surface area contributed by atoms with Gasteiger partial charge in [-0.15, -0.1) is 0 Å². The number of unbranched alkanes of at least 4 members (excludes halogenated alkanes) is 8. The van der Waals surface area contributed by atoms with Crippen molar-refractivity contribution in [1.82, 2.24) is 0 Å². The van der Waals surface area contributed by atoms with E-state index in [1.165, 1.54) is 69.2 Å². The largest absolute Gasteiger partial charge is 0.494 e. The molecule has 3 aromatic carbocycles. The second kappa shape index (κ2) is 20.1. The van der Waals surface area contributed by atoms with E-state index in [2.05, 4.69) is 6.92 Å². The fourth-order valence-corrected chi connectivity index (χ4v) is 6.03. The Morgan fingerprint density at radius 3 is 1.94 bits per heavy atom. The molecule has 1 aliphatic heterocycles. The lowest BCUT2D eigenvalue weighted by molar-refractivity contribution is -0.316. The van der Waals surface area contributed by atoms with Gasteiger partial charge in [0.25, 0.3) is 6.47 Å². The number of alkyl halides is 3. The number of esters is 1. The number of benzene rings is 3. The van der Waals surface area contributed by atoms with Crippen LogP contribution in [0.3, 0.4) is 0 Å². The molecule has 4 atom stereocenters. The van der Waals surface area contributed by atoms with E-state index in [0.717, 1.165) is 29.7 Å². The molecule has 0 bridgehead atoms. The monoisotopic (exact) mass is 698 g/mol. The fraction of sp³-hybridized carbons (Fsp3) is 0.500. The third kappa shape index (κ3) is 11.9. The number of carbonyl (C=O) groups excluding carboxylic acids is 2.